The Morgan fingerprint density at radius 1 is 0.826 bits per heavy atom. The summed E-state index contributed by atoms with van der Waals surface area (Å²) in [5.74, 6) is 1.30. The molecule has 0 unspecified atom stereocenters. The molecule has 2 fully saturated rings. The number of aromatic nitrogens is 2. The lowest BCUT2D eigenvalue weighted by Gasteiger charge is -2.38. The van der Waals surface area contributed by atoms with Crippen LogP contribution in [0.1, 0.15) is 73.0 Å². The van der Waals surface area contributed by atoms with E-state index in [2.05, 4.69) is 15.6 Å². The van der Waals surface area contributed by atoms with Crippen molar-refractivity contribution in [2.45, 2.75) is 75.3 Å². The zero-order valence-corrected chi connectivity index (χ0v) is 25.8. The molecule has 4 atom stereocenters. The molecule has 2 aromatic carbocycles. The van der Waals surface area contributed by atoms with Gasteiger partial charge in [-0.3, -0.25) is 9.59 Å². The van der Waals surface area contributed by atoms with Crippen LogP contribution in [0.15, 0.2) is 79.3 Å². The predicted octanol–water partition coefficient (Wildman–Crippen LogP) is 5.63. The van der Waals surface area contributed by atoms with Crippen LogP contribution in [-0.4, -0.2) is 53.6 Å². The molecule has 12 heteroatoms. The molecule has 3 N–H and O–H groups in total. The molecule has 1 amide bonds. The van der Waals surface area contributed by atoms with Gasteiger partial charge in [0.1, 0.15) is 23.2 Å². The minimum Gasteiger partial charge on any atom is -0.453 e. The van der Waals surface area contributed by atoms with Gasteiger partial charge >= 0.3 is 6.09 Å². The smallest absolute Gasteiger partial charge is 0.409 e. The number of aromatic amines is 2. The van der Waals surface area contributed by atoms with Crippen LogP contribution in [0, 0.1) is 11.6 Å². The van der Waals surface area contributed by atoms with Crippen molar-refractivity contribution in [3.8, 4) is 0 Å². The summed E-state index contributed by atoms with van der Waals surface area (Å²) in [5.41, 5.74) is 1.73. The van der Waals surface area contributed by atoms with E-state index >= 15 is 0 Å². The van der Waals surface area contributed by atoms with Crippen LogP contribution in [0.25, 0.3) is 0 Å². The van der Waals surface area contributed by atoms with Crippen LogP contribution in [0.5, 0.6) is 0 Å². The second-order valence-electron chi connectivity index (χ2n) is 12.0. The fraction of sp³-hybridized carbons (Fsp3) is 0.441. The minimum atomic E-state index is -0.349. The van der Waals surface area contributed by atoms with Crippen molar-refractivity contribution < 1.29 is 27.4 Å². The van der Waals surface area contributed by atoms with Crippen LogP contribution in [0.2, 0.25) is 0 Å². The molecule has 2 saturated heterocycles. The van der Waals surface area contributed by atoms with Gasteiger partial charge in [0.25, 0.3) is 11.1 Å². The number of hydrogen-bond acceptors (Lipinski definition) is 7. The summed E-state index contributed by atoms with van der Waals surface area (Å²) >= 11 is 0. The SMILES string of the molecule is COC(=O)N1CC[C@@H](c2cc(=O)[nH]o2)C[C@H]1CCc1ccc(F)cc1.O=c1cc([C@@H]2CCN[C@H](CCc3ccc(F)cc3)C2)o[nH]1. The Hall–Kier alpha value is -4.45. The second kappa shape index (κ2) is 15.7. The van der Waals surface area contributed by atoms with E-state index in [9.17, 15) is 23.2 Å². The van der Waals surface area contributed by atoms with E-state index in [1.54, 1.807) is 23.1 Å². The largest absolute Gasteiger partial charge is 0.453 e. The Bertz CT molecular complexity index is 1640. The quantitative estimate of drug-likeness (QED) is 0.228. The number of methoxy groups -OCH3 is 1. The second-order valence-corrected chi connectivity index (χ2v) is 12.0. The van der Waals surface area contributed by atoms with E-state index < -0.39 is 0 Å². The minimum absolute atomic E-state index is 0.0311. The summed E-state index contributed by atoms with van der Waals surface area (Å²) in [6.45, 7) is 1.47. The number of ether oxygens (including phenoxy) is 1. The zero-order chi connectivity index (χ0) is 32.5. The standard InChI is InChI=1S/C18H21FN2O4.C16H19FN2O2/c1-24-18(23)21-9-8-13(16-11-17(22)20-25-16)10-15(21)7-4-12-2-5-14(19)6-3-12;17-13-4-1-11(2-5-13)3-6-14-9-12(7-8-18-14)15-10-16(20)19-21-15/h2-3,5-6,11,13,15H,4,7-10H2,1H3,(H,20,22);1-2,4-5,10,12,14,18H,3,6-9H2,(H,19,20)/t13-,15-;12-,14-/m11/s1. The number of hydrogen-bond donors (Lipinski definition) is 3. The van der Waals surface area contributed by atoms with Crippen LogP contribution in [0.3, 0.4) is 0 Å². The molecule has 2 aliphatic rings. The Kier molecular flexibility index (Phi) is 11.2. The summed E-state index contributed by atoms with van der Waals surface area (Å²) in [4.78, 5) is 36.2. The van der Waals surface area contributed by atoms with Crippen molar-refractivity contribution in [3.05, 3.63) is 116 Å². The van der Waals surface area contributed by atoms with E-state index in [0.29, 0.717) is 37.1 Å². The molecule has 46 heavy (non-hydrogen) atoms. The van der Waals surface area contributed by atoms with Gasteiger partial charge in [-0.05, 0) is 93.3 Å². The summed E-state index contributed by atoms with van der Waals surface area (Å²) in [7, 11) is 1.37. The highest BCUT2D eigenvalue weighted by Gasteiger charge is 2.34. The highest BCUT2D eigenvalue weighted by Crippen LogP contribution is 2.33. The molecule has 0 aliphatic carbocycles. The van der Waals surface area contributed by atoms with Gasteiger partial charge in [0.2, 0.25) is 0 Å². The van der Waals surface area contributed by atoms with Gasteiger partial charge in [-0.25, -0.2) is 13.6 Å². The van der Waals surface area contributed by atoms with E-state index in [-0.39, 0.29) is 40.8 Å². The number of nitrogens with zero attached hydrogens (tertiary/aromatic N) is 1. The lowest BCUT2D eigenvalue weighted by Crippen LogP contribution is -2.45. The van der Waals surface area contributed by atoms with Gasteiger partial charge in [0, 0.05) is 42.6 Å². The number of aryl methyl sites for hydroxylation is 2. The molecule has 0 bridgehead atoms. The number of halogens is 2. The number of H-pyrrole nitrogens is 2. The first-order valence-electron chi connectivity index (χ1n) is 15.7. The maximum atomic E-state index is 13.0. The van der Waals surface area contributed by atoms with Crippen molar-refractivity contribution >= 4 is 6.09 Å². The first kappa shape index (κ1) is 32.9. The Morgan fingerprint density at radius 2 is 1.37 bits per heavy atom. The van der Waals surface area contributed by atoms with Crippen LogP contribution in [-0.2, 0) is 17.6 Å². The van der Waals surface area contributed by atoms with Gasteiger partial charge in [0.05, 0.1) is 7.11 Å². The number of rotatable bonds is 8. The highest BCUT2D eigenvalue weighted by molar-refractivity contribution is 5.68. The summed E-state index contributed by atoms with van der Waals surface area (Å²) < 4.78 is 41.2. The fourth-order valence-electron chi connectivity index (χ4n) is 6.40. The van der Waals surface area contributed by atoms with Crippen molar-refractivity contribution in [2.75, 3.05) is 20.2 Å². The first-order valence-corrected chi connectivity index (χ1v) is 15.7. The molecule has 2 aromatic heterocycles. The van der Waals surface area contributed by atoms with E-state index in [0.717, 1.165) is 62.0 Å². The number of amides is 1. The normalized spacial score (nSPS) is 21.3. The molecule has 0 saturated carbocycles. The number of carbonyl (C=O) groups excluding carboxylic acids is 1. The van der Waals surface area contributed by atoms with Gasteiger partial charge < -0.3 is 24.0 Å². The third-order valence-electron chi connectivity index (χ3n) is 8.88. The average Bonchev–Trinajstić information content (AvgIpc) is 3.72. The van der Waals surface area contributed by atoms with Crippen molar-refractivity contribution in [3.63, 3.8) is 0 Å². The monoisotopic (exact) mass is 638 g/mol. The third kappa shape index (κ3) is 9.06. The van der Waals surface area contributed by atoms with E-state index in [1.807, 2.05) is 12.1 Å². The van der Waals surface area contributed by atoms with E-state index in [1.165, 1.54) is 37.4 Å². The molecule has 4 heterocycles. The van der Waals surface area contributed by atoms with Gasteiger partial charge in [-0.15, -0.1) is 0 Å². The molecule has 10 nitrogen and oxygen atoms in total. The third-order valence-corrected chi connectivity index (χ3v) is 8.88. The van der Waals surface area contributed by atoms with Crippen LogP contribution in [0.4, 0.5) is 13.6 Å². The van der Waals surface area contributed by atoms with Crippen LogP contribution < -0.4 is 16.4 Å². The van der Waals surface area contributed by atoms with Gasteiger partial charge in [-0.1, -0.05) is 24.3 Å². The zero-order valence-electron chi connectivity index (χ0n) is 25.8. The molecule has 246 valence electrons. The number of likely N-dealkylation sites (tertiary alicyclic amines) is 1. The lowest BCUT2D eigenvalue weighted by molar-refractivity contribution is 0.0789. The summed E-state index contributed by atoms with van der Waals surface area (Å²) in [6.07, 6.45) is 6.36. The highest BCUT2D eigenvalue weighted by atomic mass is 19.1. The molecule has 6 rings (SSSR count). The van der Waals surface area contributed by atoms with Crippen molar-refractivity contribution in [1.29, 1.82) is 0 Å². The Morgan fingerprint density at radius 3 is 1.89 bits per heavy atom. The maximum Gasteiger partial charge on any atom is 0.409 e. The Labute approximate surface area is 265 Å². The van der Waals surface area contributed by atoms with Crippen molar-refractivity contribution in [1.82, 2.24) is 20.5 Å². The maximum absolute atomic E-state index is 13.0. The fourth-order valence-corrected chi connectivity index (χ4v) is 6.40. The van der Waals surface area contributed by atoms with Crippen LogP contribution >= 0.6 is 0 Å². The topological polar surface area (TPSA) is 134 Å². The Balaban J connectivity index is 0.000000184. The number of benzene rings is 2. The molecular weight excluding hydrogens is 598 g/mol. The molecular formula is C34H40F2N4O6. The van der Waals surface area contributed by atoms with Gasteiger partial charge in [0.15, 0.2) is 0 Å². The number of piperidine rings is 2. The predicted molar refractivity (Wildman–Crippen MR) is 167 cm³/mol. The van der Waals surface area contributed by atoms with Crippen molar-refractivity contribution in [2.24, 2.45) is 0 Å². The van der Waals surface area contributed by atoms with Gasteiger partial charge in [-0.2, -0.15) is 10.3 Å². The molecule has 4 aromatic rings. The molecule has 0 spiro atoms. The lowest BCUT2D eigenvalue weighted by atomic mass is 9.86. The van der Waals surface area contributed by atoms with E-state index in [4.69, 9.17) is 13.8 Å². The molecule has 2 aliphatic heterocycles. The molecule has 0 radical (unpaired) electrons. The average molecular weight is 639 g/mol. The first-order chi connectivity index (χ1) is 22.3. The summed E-state index contributed by atoms with van der Waals surface area (Å²) in [6, 6.07) is 16.4. The number of carbonyl (C=O) groups is 1. The summed E-state index contributed by atoms with van der Waals surface area (Å²) in [5, 5.41) is 8.18. The number of nitrogens with one attached hydrogen (secondary N) is 3.